The van der Waals surface area contributed by atoms with Crippen LogP contribution in [0.25, 0.3) is 0 Å². The number of benzene rings is 1. The fourth-order valence-electron chi connectivity index (χ4n) is 1.28. The van der Waals surface area contributed by atoms with Gasteiger partial charge < -0.3 is 10.5 Å². The molecule has 3 nitrogen and oxygen atoms in total. The maximum atomic E-state index is 11.3. The molecule has 1 atom stereocenters. The molecule has 0 bridgehead atoms. The molecule has 1 unspecified atom stereocenters. The second-order valence-corrected chi connectivity index (χ2v) is 3.97. The molecule has 0 aromatic heterocycles. The van der Waals surface area contributed by atoms with Crippen molar-refractivity contribution in [3.05, 3.63) is 35.9 Å². The maximum absolute atomic E-state index is 11.3. The first-order valence-electron chi connectivity index (χ1n) is 5.31. The summed E-state index contributed by atoms with van der Waals surface area (Å²) in [5.74, 6) is 0.250. The van der Waals surface area contributed by atoms with Crippen molar-refractivity contribution < 1.29 is 9.53 Å². The van der Waals surface area contributed by atoms with Gasteiger partial charge in [0, 0.05) is 6.42 Å². The first kappa shape index (κ1) is 13.1. The number of carbonyl (C=O) groups excluding carboxylic acids is 1. The second-order valence-electron chi connectivity index (χ2n) is 3.52. The van der Waals surface area contributed by atoms with Crippen LogP contribution in [0.1, 0.15) is 12.0 Å². The molecule has 0 radical (unpaired) electrons. The van der Waals surface area contributed by atoms with E-state index in [1.807, 2.05) is 30.3 Å². The molecule has 0 heterocycles. The molecule has 2 N–H and O–H groups in total. The Morgan fingerprint density at radius 1 is 1.38 bits per heavy atom. The summed E-state index contributed by atoms with van der Waals surface area (Å²) < 4.78 is 5.06. The Morgan fingerprint density at radius 2 is 2.06 bits per heavy atom. The lowest BCUT2D eigenvalue weighted by Gasteiger charge is -2.10. The van der Waals surface area contributed by atoms with Gasteiger partial charge in [-0.05, 0) is 17.7 Å². The Kier molecular flexibility index (Phi) is 5.96. The van der Waals surface area contributed by atoms with Crippen molar-refractivity contribution in [1.29, 1.82) is 0 Å². The van der Waals surface area contributed by atoms with Crippen LogP contribution in [0.3, 0.4) is 0 Å². The first-order valence-corrected chi connectivity index (χ1v) is 5.94. The van der Waals surface area contributed by atoms with Crippen molar-refractivity contribution in [1.82, 2.24) is 0 Å². The average molecular weight is 239 g/mol. The van der Waals surface area contributed by atoms with Crippen molar-refractivity contribution in [3.63, 3.8) is 0 Å². The zero-order valence-electron chi connectivity index (χ0n) is 9.13. The Hall–Kier alpha value is -1.00. The lowest BCUT2D eigenvalue weighted by atomic mass is 10.2. The summed E-state index contributed by atoms with van der Waals surface area (Å²) in [6, 6.07) is 9.34. The molecule has 0 saturated heterocycles. The summed E-state index contributed by atoms with van der Waals surface area (Å²) in [6.45, 7) is 0.378. The predicted octanol–water partition coefficient (Wildman–Crippen LogP) is 1.42. The molecule has 1 aromatic rings. The van der Waals surface area contributed by atoms with Crippen molar-refractivity contribution in [3.8, 4) is 0 Å². The third kappa shape index (κ3) is 4.68. The van der Waals surface area contributed by atoms with Gasteiger partial charge in [0.15, 0.2) is 0 Å². The molecule has 16 heavy (non-hydrogen) atoms. The van der Waals surface area contributed by atoms with E-state index < -0.39 is 6.04 Å². The standard InChI is InChI=1S/C12H17NO2S/c13-11(7-9-16)12(14)15-8-6-10-4-2-1-3-5-10/h1-5,11,16H,6-9,13H2. The minimum absolute atomic E-state index is 0.343. The summed E-state index contributed by atoms with van der Waals surface area (Å²) in [6.07, 6.45) is 1.27. The van der Waals surface area contributed by atoms with Gasteiger partial charge in [-0.2, -0.15) is 12.6 Å². The van der Waals surface area contributed by atoms with Gasteiger partial charge in [-0.1, -0.05) is 30.3 Å². The molecule has 4 heteroatoms. The number of esters is 1. The summed E-state index contributed by atoms with van der Waals surface area (Å²) in [4.78, 5) is 11.3. The lowest BCUT2D eigenvalue weighted by molar-refractivity contribution is -0.145. The van der Waals surface area contributed by atoms with Gasteiger partial charge in [0.25, 0.3) is 0 Å². The third-order valence-corrected chi connectivity index (χ3v) is 2.48. The molecule has 1 aromatic carbocycles. The molecule has 0 aliphatic rings. The van der Waals surface area contributed by atoms with Crippen LogP contribution in [0.5, 0.6) is 0 Å². The van der Waals surface area contributed by atoms with Crippen LogP contribution in [0.15, 0.2) is 30.3 Å². The fraction of sp³-hybridized carbons (Fsp3) is 0.417. The SMILES string of the molecule is NC(CCS)C(=O)OCCc1ccccc1. The highest BCUT2D eigenvalue weighted by molar-refractivity contribution is 7.80. The van der Waals surface area contributed by atoms with Gasteiger partial charge in [-0.3, -0.25) is 4.79 Å². The molecule has 0 aliphatic heterocycles. The van der Waals surface area contributed by atoms with Crippen molar-refractivity contribution in [2.45, 2.75) is 18.9 Å². The Labute approximate surface area is 101 Å². The molecule has 88 valence electrons. The Balaban J connectivity index is 2.23. The van der Waals surface area contributed by atoms with Gasteiger partial charge in [0.05, 0.1) is 6.61 Å². The van der Waals surface area contributed by atoms with E-state index in [1.54, 1.807) is 0 Å². The van der Waals surface area contributed by atoms with Crippen LogP contribution in [-0.2, 0) is 16.0 Å². The van der Waals surface area contributed by atoms with E-state index >= 15 is 0 Å². The van der Waals surface area contributed by atoms with Gasteiger partial charge >= 0.3 is 5.97 Å². The summed E-state index contributed by atoms with van der Waals surface area (Å²) in [7, 11) is 0. The van der Waals surface area contributed by atoms with Crippen LogP contribution in [0, 0.1) is 0 Å². The molecule has 0 saturated carbocycles. The Morgan fingerprint density at radius 3 is 2.69 bits per heavy atom. The molecular formula is C12H17NO2S. The quantitative estimate of drug-likeness (QED) is 0.583. The van der Waals surface area contributed by atoms with E-state index in [1.165, 1.54) is 0 Å². The number of nitrogens with two attached hydrogens (primary N) is 1. The van der Waals surface area contributed by atoms with Crippen LogP contribution in [-0.4, -0.2) is 24.4 Å². The van der Waals surface area contributed by atoms with Gasteiger partial charge in [0.2, 0.25) is 0 Å². The van der Waals surface area contributed by atoms with E-state index in [9.17, 15) is 4.79 Å². The van der Waals surface area contributed by atoms with E-state index in [4.69, 9.17) is 10.5 Å². The normalized spacial score (nSPS) is 12.1. The molecular weight excluding hydrogens is 222 g/mol. The molecule has 0 amide bonds. The van der Waals surface area contributed by atoms with E-state index in [0.29, 0.717) is 18.8 Å². The fourth-order valence-corrected chi connectivity index (χ4v) is 1.56. The van der Waals surface area contributed by atoms with Crippen LogP contribution >= 0.6 is 12.6 Å². The van der Waals surface area contributed by atoms with Gasteiger partial charge in [-0.15, -0.1) is 0 Å². The number of thiol groups is 1. The summed E-state index contributed by atoms with van der Waals surface area (Å²) in [5, 5.41) is 0. The number of rotatable bonds is 6. The minimum Gasteiger partial charge on any atom is -0.464 e. The smallest absolute Gasteiger partial charge is 0.322 e. The predicted molar refractivity (Wildman–Crippen MR) is 67.6 cm³/mol. The van der Waals surface area contributed by atoms with E-state index in [0.717, 1.165) is 12.0 Å². The highest BCUT2D eigenvalue weighted by Gasteiger charge is 2.13. The Bertz CT molecular complexity index is 316. The maximum Gasteiger partial charge on any atom is 0.322 e. The van der Waals surface area contributed by atoms with Crippen LogP contribution < -0.4 is 5.73 Å². The first-order chi connectivity index (χ1) is 7.74. The zero-order valence-corrected chi connectivity index (χ0v) is 10.0. The number of hydrogen-bond acceptors (Lipinski definition) is 4. The largest absolute Gasteiger partial charge is 0.464 e. The van der Waals surface area contributed by atoms with Crippen molar-refractivity contribution in [2.24, 2.45) is 5.73 Å². The van der Waals surface area contributed by atoms with Crippen molar-refractivity contribution in [2.75, 3.05) is 12.4 Å². The lowest BCUT2D eigenvalue weighted by Crippen LogP contribution is -2.33. The van der Waals surface area contributed by atoms with Gasteiger partial charge in [-0.25, -0.2) is 0 Å². The number of hydrogen-bond donors (Lipinski definition) is 2. The molecule has 0 aliphatic carbocycles. The van der Waals surface area contributed by atoms with Gasteiger partial charge in [0.1, 0.15) is 6.04 Å². The number of ether oxygens (including phenoxy) is 1. The third-order valence-electron chi connectivity index (χ3n) is 2.22. The highest BCUT2D eigenvalue weighted by atomic mass is 32.1. The topological polar surface area (TPSA) is 52.3 Å². The zero-order chi connectivity index (χ0) is 11.8. The molecule has 0 fully saturated rings. The number of carbonyl (C=O) groups is 1. The van der Waals surface area contributed by atoms with E-state index in [2.05, 4.69) is 12.6 Å². The second kappa shape index (κ2) is 7.30. The van der Waals surface area contributed by atoms with Crippen LogP contribution in [0.2, 0.25) is 0 Å². The summed E-state index contributed by atoms with van der Waals surface area (Å²) in [5.41, 5.74) is 6.73. The monoisotopic (exact) mass is 239 g/mol. The minimum atomic E-state index is -0.548. The van der Waals surface area contributed by atoms with E-state index in [-0.39, 0.29) is 5.97 Å². The van der Waals surface area contributed by atoms with Crippen LogP contribution in [0.4, 0.5) is 0 Å². The summed E-state index contributed by atoms with van der Waals surface area (Å²) >= 11 is 4.02. The molecule has 0 spiro atoms. The van der Waals surface area contributed by atoms with Crippen molar-refractivity contribution >= 4 is 18.6 Å². The highest BCUT2D eigenvalue weighted by Crippen LogP contribution is 2.01. The average Bonchev–Trinajstić information content (AvgIpc) is 2.30. The molecule has 1 rings (SSSR count).